The van der Waals surface area contributed by atoms with Gasteiger partial charge in [0.05, 0.1) is 16.8 Å². The third-order valence-corrected chi connectivity index (χ3v) is 9.82. The molecule has 2 heteroatoms. The van der Waals surface area contributed by atoms with E-state index in [0.717, 1.165) is 44.4 Å². The number of rotatable bonds is 4. The van der Waals surface area contributed by atoms with Crippen LogP contribution in [0.1, 0.15) is 0 Å². The van der Waals surface area contributed by atoms with E-state index in [1.54, 1.807) is 0 Å². The van der Waals surface area contributed by atoms with Crippen LogP contribution in [0.4, 0.5) is 17.1 Å². The normalized spacial score (nSPS) is 11.8. The van der Waals surface area contributed by atoms with Gasteiger partial charge in [-0.1, -0.05) is 133 Å². The van der Waals surface area contributed by atoms with Gasteiger partial charge in [0.1, 0.15) is 11.2 Å². The van der Waals surface area contributed by atoms with E-state index < -0.39 is 0 Å². The second kappa shape index (κ2) is 10.6. The summed E-state index contributed by atoms with van der Waals surface area (Å²) in [5, 5.41) is 12.0. The van der Waals surface area contributed by atoms with Crippen molar-refractivity contribution in [3.8, 4) is 11.1 Å². The highest BCUT2D eigenvalue weighted by Crippen LogP contribution is 2.46. The summed E-state index contributed by atoms with van der Waals surface area (Å²) in [4.78, 5) is 2.40. The maximum atomic E-state index is 6.64. The molecule has 0 radical (unpaired) electrons. The molecule has 0 N–H and O–H groups in total. The zero-order valence-corrected chi connectivity index (χ0v) is 26.1. The first-order chi connectivity index (χ1) is 23.8. The van der Waals surface area contributed by atoms with Crippen molar-refractivity contribution in [3.05, 3.63) is 176 Å². The minimum absolute atomic E-state index is 0.878. The number of nitrogens with zero attached hydrogens (tertiary/aromatic N) is 1. The summed E-state index contributed by atoms with van der Waals surface area (Å²) >= 11 is 0. The molecule has 0 unspecified atom stereocenters. The predicted molar refractivity (Wildman–Crippen MR) is 204 cm³/mol. The molecule has 0 atom stereocenters. The third kappa shape index (κ3) is 4.06. The lowest BCUT2D eigenvalue weighted by atomic mass is 9.93. The molecule has 1 heterocycles. The maximum Gasteiger partial charge on any atom is 0.143 e. The topological polar surface area (TPSA) is 16.4 Å². The van der Waals surface area contributed by atoms with E-state index in [1.165, 1.54) is 48.8 Å². The monoisotopic (exact) mass is 611 g/mol. The van der Waals surface area contributed by atoms with Crippen LogP contribution in [-0.2, 0) is 0 Å². The SMILES string of the molecule is c1ccc2c(N(c3ccc(-c4cc5ccccc5c5ccccc45)cc3)c3cccc4oc5c6ccccc6ccc5c34)cccc2c1. The zero-order valence-electron chi connectivity index (χ0n) is 26.1. The predicted octanol–water partition coefficient (Wildman–Crippen LogP) is 13.3. The van der Waals surface area contributed by atoms with Gasteiger partial charge in [0.25, 0.3) is 0 Å². The summed E-state index contributed by atoms with van der Waals surface area (Å²) in [7, 11) is 0. The van der Waals surface area contributed by atoms with Crippen molar-refractivity contribution < 1.29 is 4.42 Å². The van der Waals surface area contributed by atoms with Crippen molar-refractivity contribution in [2.45, 2.75) is 0 Å². The van der Waals surface area contributed by atoms with Gasteiger partial charge in [0.15, 0.2) is 0 Å². The first-order valence-corrected chi connectivity index (χ1v) is 16.4. The van der Waals surface area contributed by atoms with Crippen LogP contribution in [0, 0.1) is 0 Å². The Morgan fingerprint density at radius 2 is 0.979 bits per heavy atom. The summed E-state index contributed by atoms with van der Waals surface area (Å²) in [5.41, 5.74) is 7.53. The van der Waals surface area contributed by atoms with E-state index in [0.29, 0.717) is 0 Å². The molecule has 224 valence electrons. The van der Waals surface area contributed by atoms with Crippen LogP contribution in [-0.4, -0.2) is 0 Å². The minimum atomic E-state index is 0.878. The first-order valence-electron chi connectivity index (χ1n) is 16.4. The van der Waals surface area contributed by atoms with Gasteiger partial charge in [-0.25, -0.2) is 0 Å². The number of furan rings is 1. The molecule has 0 saturated heterocycles. The second-order valence-corrected chi connectivity index (χ2v) is 12.5. The Morgan fingerprint density at radius 1 is 0.375 bits per heavy atom. The van der Waals surface area contributed by atoms with Crippen LogP contribution in [0.15, 0.2) is 180 Å². The summed E-state index contributed by atoms with van der Waals surface area (Å²) in [6, 6.07) is 63.3. The number of hydrogen-bond donors (Lipinski definition) is 0. The molecule has 0 saturated carbocycles. The molecule has 1 aromatic heterocycles. The Kier molecular flexibility index (Phi) is 5.91. The van der Waals surface area contributed by atoms with Gasteiger partial charge < -0.3 is 9.32 Å². The fraction of sp³-hybridized carbons (Fsp3) is 0. The van der Waals surface area contributed by atoms with Crippen molar-refractivity contribution in [1.29, 1.82) is 0 Å². The number of fused-ring (bicyclic) bond motifs is 9. The number of hydrogen-bond acceptors (Lipinski definition) is 2. The van der Waals surface area contributed by atoms with Gasteiger partial charge in [-0.05, 0) is 85.9 Å². The molecule has 9 aromatic carbocycles. The molecule has 2 nitrogen and oxygen atoms in total. The molecule has 0 bridgehead atoms. The quantitative estimate of drug-likeness (QED) is 0.184. The molecule has 10 rings (SSSR count). The van der Waals surface area contributed by atoms with Gasteiger partial charge in [-0.3, -0.25) is 0 Å². The van der Waals surface area contributed by atoms with Crippen LogP contribution in [0.5, 0.6) is 0 Å². The first kappa shape index (κ1) is 26.8. The van der Waals surface area contributed by atoms with E-state index in [9.17, 15) is 0 Å². The smallest absolute Gasteiger partial charge is 0.143 e. The Bertz CT molecular complexity index is 2840. The van der Waals surface area contributed by atoms with Gasteiger partial charge in [0.2, 0.25) is 0 Å². The summed E-state index contributed by atoms with van der Waals surface area (Å²) in [5.74, 6) is 0. The Balaban J connectivity index is 1.22. The highest BCUT2D eigenvalue weighted by atomic mass is 16.3. The molecule has 0 aliphatic carbocycles. The van der Waals surface area contributed by atoms with Crippen LogP contribution in [0.2, 0.25) is 0 Å². The Labute approximate surface area is 277 Å². The van der Waals surface area contributed by atoms with Crippen molar-refractivity contribution in [3.63, 3.8) is 0 Å². The highest BCUT2D eigenvalue weighted by molar-refractivity contribution is 6.20. The van der Waals surface area contributed by atoms with Gasteiger partial charge in [-0.2, -0.15) is 0 Å². The summed E-state index contributed by atoms with van der Waals surface area (Å²) in [6.45, 7) is 0. The van der Waals surface area contributed by atoms with Crippen molar-refractivity contribution in [2.24, 2.45) is 0 Å². The van der Waals surface area contributed by atoms with E-state index in [1.807, 2.05) is 0 Å². The lowest BCUT2D eigenvalue weighted by molar-refractivity contribution is 0.672. The van der Waals surface area contributed by atoms with Crippen molar-refractivity contribution in [2.75, 3.05) is 4.90 Å². The van der Waals surface area contributed by atoms with Crippen LogP contribution in [0.3, 0.4) is 0 Å². The molecule has 0 aliphatic rings. The molecule has 0 aliphatic heterocycles. The molecule has 0 amide bonds. The van der Waals surface area contributed by atoms with Crippen LogP contribution in [0.25, 0.3) is 76.2 Å². The minimum Gasteiger partial charge on any atom is -0.455 e. The van der Waals surface area contributed by atoms with Crippen LogP contribution >= 0.6 is 0 Å². The second-order valence-electron chi connectivity index (χ2n) is 12.5. The molecular formula is C46H29NO. The number of benzene rings is 9. The van der Waals surface area contributed by atoms with Gasteiger partial charge in [-0.15, -0.1) is 0 Å². The molecule has 10 aromatic rings. The summed E-state index contributed by atoms with van der Waals surface area (Å²) in [6.07, 6.45) is 0. The lowest BCUT2D eigenvalue weighted by Gasteiger charge is -2.28. The molecule has 0 fully saturated rings. The standard InChI is InChI=1S/C46H29NO/c1-5-16-36-30(11-1)14-9-20-42(36)47(43-21-10-22-44-45(43)40-28-25-31-12-2-6-17-37(31)46(40)48-44)34-26-23-32(24-27-34)41-29-33-13-3-4-15-35(33)38-18-7-8-19-39(38)41/h1-29H. The largest absolute Gasteiger partial charge is 0.455 e. The van der Waals surface area contributed by atoms with Crippen molar-refractivity contribution >= 4 is 82.1 Å². The zero-order chi connectivity index (χ0) is 31.6. The highest BCUT2D eigenvalue weighted by Gasteiger charge is 2.22. The van der Waals surface area contributed by atoms with E-state index in [-0.39, 0.29) is 0 Å². The van der Waals surface area contributed by atoms with E-state index in [4.69, 9.17) is 4.42 Å². The Hall–Kier alpha value is -6.38. The Morgan fingerprint density at radius 3 is 1.79 bits per heavy atom. The average Bonchev–Trinajstić information content (AvgIpc) is 3.55. The summed E-state index contributed by atoms with van der Waals surface area (Å²) < 4.78 is 6.64. The van der Waals surface area contributed by atoms with Gasteiger partial charge >= 0.3 is 0 Å². The maximum absolute atomic E-state index is 6.64. The molecule has 0 spiro atoms. The van der Waals surface area contributed by atoms with Crippen LogP contribution < -0.4 is 4.90 Å². The molecular weight excluding hydrogens is 583 g/mol. The van der Waals surface area contributed by atoms with Crippen molar-refractivity contribution in [1.82, 2.24) is 0 Å². The number of anilines is 3. The fourth-order valence-electron chi connectivity index (χ4n) is 7.62. The van der Waals surface area contributed by atoms with E-state index >= 15 is 0 Å². The lowest BCUT2D eigenvalue weighted by Crippen LogP contribution is -2.10. The average molecular weight is 612 g/mol. The van der Waals surface area contributed by atoms with Gasteiger partial charge in [0, 0.05) is 21.8 Å². The fourth-order valence-corrected chi connectivity index (χ4v) is 7.62. The third-order valence-electron chi connectivity index (χ3n) is 9.82. The molecule has 48 heavy (non-hydrogen) atoms. The van der Waals surface area contributed by atoms with E-state index in [2.05, 4.69) is 181 Å².